The van der Waals surface area contributed by atoms with Crippen molar-refractivity contribution in [3.05, 3.63) is 77.6 Å². The molecule has 0 radical (unpaired) electrons. The van der Waals surface area contributed by atoms with E-state index in [9.17, 15) is 22.4 Å². The number of urea groups is 1. The molecule has 5 nitrogen and oxygen atoms in total. The van der Waals surface area contributed by atoms with E-state index in [1.807, 2.05) is 0 Å². The summed E-state index contributed by atoms with van der Waals surface area (Å²) in [5.41, 5.74) is 2.26. The molecule has 212 valence electrons. The normalized spacial score (nSPS) is 17.1. The molecule has 2 aliphatic rings. The number of ether oxygens (including phenoxy) is 1. The Labute approximate surface area is 235 Å². The lowest BCUT2D eigenvalue weighted by Crippen LogP contribution is -2.50. The summed E-state index contributed by atoms with van der Waals surface area (Å²) in [5.74, 6) is -0.877. The van der Waals surface area contributed by atoms with Crippen molar-refractivity contribution in [3.8, 4) is 16.9 Å². The van der Waals surface area contributed by atoms with Gasteiger partial charge in [-0.3, -0.25) is 4.90 Å². The molecular formula is C30H30ClF4N3O2. The van der Waals surface area contributed by atoms with E-state index in [0.717, 1.165) is 25.9 Å². The highest BCUT2D eigenvalue weighted by atomic mass is 35.5. The second kappa shape index (κ2) is 12.1. The third-order valence-corrected chi connectivity index (χ3v) is 7.93. The largest absolute Gasteiger partial charge is 0.573 e. The lowest BCUT2D eigenvalue weighted by atomic mass is 9.99. The first-order chi connectivity index (χ1) is 19.2. The maximum absolute atomic E-state index is 13.7. The molecule has 1 heterocycles. The van der Waals surface area contributed by atoms with Gasteiger partial charge in [0.15, 0.2) is 0 Å². The van der Waals surface area contributed by atoms with Gasteiger partial charge in [-0.15, -0.1) is 13.2 Å². The number of carbonyl (C=O) groups is 1. The standard InChI is InChI=1S/C30H30ClF4N3O2/c31-27-19-22(10-13-28(27)32)36-29(39)38(25-14-16-37(17-15-25)23-5-1-2-6-23)24-11-8-20(9-12-24)21-4-3-7-26(18-21)40-30(33,34)35/h3-4,7-13,18-19,23,25H,1-2,5-6,14-17H2,(H,36,39). The smallest absolute Gasteiger partial charge is 0.406 e. The molecule has 10 heteroatoms. The van der Waals surface area contributed by atoms with Crippen LogP contribution in [0, 0.1) is 5.82 Å². The number of benzene rings is 3. The second-order valence-corrected chi connectivity index (χ2v) is 10.7. The van der Waals surface area contributed by atoms with Crippen molar-refractivity contribution in [2.75, 3.05) is 23.3 Å². The first-order valence-electron chi connectivity index (χ1n) is 13.4. The fourth-order valence-electron chi connectivity index (χ4n) is 5.72. The molecule has 0 bridgehead atoms. The highest BCUT2D eigenvalue weighted by molar-refractivity contribution is 6.31. The summed E-state index contributed by atoms with van der Waals surface area (Å²) in [7, 11) is 0. The van der Waals surface area contributed by atoms with Gasteiger partial charge in [-0.1, -0.05) is 48.7 Å². The van der Waals surface area contributed by atoms with Gasteiger partial charge in [0.05, 0.1) is 5.02 Å². The zero-order valence-electron chi connectivity index (χ0n) is 21.8. The molecule has 0 unspecified atom stereocenters. The third kappa shape index (κ3) is 6.88. The van der Waals surface area contributed by atoms with Crippen LogP contribution in [0.1, 0.15) is 38.5 Å². The van der Waals surface area contributed by atoms with Crippen molar-refractivity contribution >= 4 is 29.0 Å². The van der Waals surface area contributed by atoms with Gasteiger partial charge in [0, 0.05) is 36.5 Å². The summed E-state index contributed by atoms with van der Waals surface area (Å²) in [6, 6.07) is 17.1. The number of halogens is 5. The molecule has 40 heavy (non-hydrogen) atoms. The Balaban J connectivity index is 1.37. The lowest BCUT2D eigenvalue weighted by Gasteiger charge is -2.40. The second-order valence-electron chi connectivity index (χ2n) is 10.3. The SMILES string of the molecule is O=C(Nc1ccc(F)c(Cl)c1)N(c1ccc(-c2cccc(OC(F)(F)F)c2)cc1)C1CCN(C2CCCC2)CC1. The highest BCUT2D eigenvalue weighted by Crippen LogP contribution is 2.33. The summed E-state index contributed by atoms with van der Waals surface area (Å²) in [5, 5.41) is 2.76. The van der Waals surface area contributed by atoms with Gasteiger partial charge in [-0.25, -0.2) is 9.18 Å². The minimum atomic E-state index is -4.78. The Morgan fingerprint density at radius 2 is 1.62 bits per heavy atom. The number of rotatable bonds is 6. The van der Waals surface area contributed by atoms with Crippen LogP contribution in [0.15, 0.2) is 66.7 Å². The van der Waals surface area contributed by atoms with Gasteiger partial charge in [-0.05, 0) is 79.3 Å². The van der Waals surface area contributed by atoms with Crippen molar-refractivity contribution in [2.45, 2.75) is 57.0 Å². The molecule has 5 rings (SSSR count). The molecule has 1 aliphatic heterocycles. The number of hydrogen-bond donors (Lipinski definition) is 1. The van der Waals surface area contributed by atoms with Crippen molar-refractivity contribution in [3.63, 3.8) is 0 Å². The van der Waals surface area contributed by atoms with E-state index in [2.05, 4.69) is 15.0 Å². The molecule has 2 amide bonds. The lowest BCUT2D eigenvalue weighted by molar-refractivity contribution is -0.274. The van der Waals surface area contributed by atoms with Crippen LogP contribution in [-0.4, -0.2) is 42.5 Å². The van der Waals surface area contributed by atoms with Crippen LogP contribution in [0.5, 0.6) is 5.75 Å². The summed E-state index contributed by atoms with van der Waals surface area (Å²) in [6.07, 6.45) is 1.78. The van der Waals surface area contributed by atoms with Crippen LogP contribution >= 0.6 is 11.6 Å². The van der Waals surface area contributed by atoms with Gasteiger partial charge in [-0.2, -0.15) is 0 Å². The van der Waals surface area contributed by atoms with Gasteiger partial charge in [0.2, 0.25) is 0 Å². The van der Waals surface area contributed by atoms with E-state index in [-0.39, 0.29) is 22.8 Å². The number of nitrogens with zero attached hydrogens (tertiary/aromatic N) is 2. The van der Waals surface area contributed by atoms with Crippen LogP contribution in [0.3, 0.4) is 0 Å². The van der Waals surface area contributed by atoms with Crippen LogP contribution in [0.2, 0.25) is 5.02 Å². The van der Waals surface area contributed by atoms with Crippen molar-refractivity contribution in [2.24, 2.45) is 0 Å². The number of nitrogens with one attached hydrogen (secondary N) is 1. The minimum Gasteiger partial charge on any atom is -0.406 e. The van der Waals surface area contributed by atoms with E-state index >= 15 is 0 Å². The third-order valence-electron chi connectivity index (χ3n) is 7.64. The number of carbonyl (C=O) groups excluding carboxylic acids is 1. The first kappa shape index (κ1) is 28.2. The molecule has 1 N–H and O–H groups in total. The molecule has 3 aromatic carbocycles. The number of alkyl halides is 3. The monoisotopic (exact) mass is 575 g/mol. The van der Waals surface area contributed by atoms with E-state index in [1.165, 1.54) is 62.1 Å². The van der Waals surface area contributed by atoms with Crippen molar-refractivity contribution < 1.29 is 27.1 Å². The van der Waals surface area contributed by atoms with Crippen molar-refractivity contribution in [1.29, 1.82) is 0 Å². The fourth-order valence-corrected chi connectivity index (χ4v) is 5.90. The molecule has 0 atom stereocenters. The Kier molecular flexibility index (Phi) is 8.51. The molecule has 1 saturated heterocycles. The Morgan fingerprint density at radius 1 is 0.925 bits per heavy atom. The molecule has 2 fully saturated rings. The number of amides is 2. The zero-order valence-corrected chi connectivity index (χ0v) is 22.5. The Hall–Kier alpha value is -3.30. The molecule has 3 aromatic rings. The first-order valence-corrected chi connectivity index (χ1v) is 13.8. The summed E-state index contributed by atoms with van der Waals surface area (Å²) >= 11 is 5.93. The predicted molar refractivity (Wildman–Crippen MR) is 148 cm³/mol. The van der Waals surface area contributed by atoms with Crippen molar-refractivity contribution in [1.82, 2.24) is 4.90 Å². The Morgan fingerprint density at radius 3 is 2.27 bits per heavy atom. The Bertz CT molecular complexity index is 1320. The fraction of sp³-hybridized carbons (Fsp3) is 0.367. The molecular weight excluding hydrogens is 546 g/mol. The minimum absolute atomic E-state index is 0.0667. The summed E-state index contributed by atoms with van der Waals surface area (Å²) in [6.45, 7) is 1.79. The van der Waals surface area contributed by atoms with E-state index in [1.54, 1.807) is 35.2 Å². The summed E-state index contributed by atoms with van der Waals surface area (Å²) in [4.78, 5) is 17.9. The van der Waals surface area contributed by atoms with E-state index < -0.39 is 12.2 Å². The topological polar surface area (TPSA) is 44.8 Å². The quantitative estimate of drug-likeness (QED) is 0.300. The average molecular weight is 576 g/mol. The van der Waals surface area contributed by atoms with Crippen LogP contribution < -0.4 is 15.0 Å². The van der Waals surface area contributed by atoms with Gasteiger partial charge in [0.25, 0.3) is 0 Å². The van der Waals surface area contributed by atoms with Gasteiger partial charge in [0.1, 0.15) is 11.6 Å². The number of hydrogen-bond acceptors (Lipinski definition) is 3. The van der Waals surface area contributed by atoms with Gasteiger partial charge >= 0.3 is 12.4 Å². The number of anilines is 2. The number of likely N-dealkylation sites (tertiary alicyclic amines) is 1. The van der Waals surface area contributed by atoms with E-state index in [0.29, 0.717) is 28.5 Å². The maximum Gasteiger partial charge on any atom is 0.573 e. The molecule has 0 spiro atoms. The molecule has 1 saturated carbocycles. The molecule has 1 aliphatic carbocycles. The van der Waals surface area contributed by atoms with Crippen LogP contribution in [0.4, 0.5) is 33.7 Å². The van der Waals surface area contributed by atoms with Crippen LogP contribution in [-0.2, 0) is 0 Å². The average Bonchev–Trinajstić information content (AvgIpc) is 3.46. The van der Waals surface area contributed by atoms with E-state index in [4.69, 9.17) is 11.6 Å². The summed E-state index contributed by atoms with van der Waals surface area (Å²) < 4.78 is 55.8. The number of piperidine rings is 1. The highest BCUT2D eigenvalue weighted by Gasteiger charge is 2.33. The predicted octanol–water partition coefficient (Wildman–Crippen LogP) is 8.49. The zero-order chi connectivity index (χ0) is 28.3. The maximum atomic E-state index is 13.7. The van der Waals surface area contributed by atoms with Gasteiger partial charge < -0.3 is 15.0 Å². The molecule has 0 aromatic heterocycles. The van der Waals surface area contributed by atoms with Crippen LogP contribution in [0.25, 0.3) is 11.1 Å².